The summed E-state index contributed by atoms with van der Waals surface area (Å²) in [4.78, 5) is 0. The van der Waals surface area contributed by atoms with Crippen LogP contribution in [0.5, 0.6) is 5.75 Å². The van der Waals surface area contributed by atoms with Crippen LogP contribution in [0.3, 0.4) is 0 Å². The number of rotatable bonds is 3. The SMILES string of the molecule is CC.Cc1cccc(COc2cc(C(C)(C)C)ccc2C(C)(C)C)c1. The predicted octanol–water partition coefficient (Wildman–Crippen LogP) is 7.20. The first-order valence-electron chi connectivity index (χ1n) is 9.41. The first-order valence-corrected chi connectivity index (χ1v) is 9.41. The Morgan fingerprint density at radius 3 is 1.96 bits per heavy atom. The molecule has 1 heteroatoms. The average Bonchev–Trinajstić information content (AvgIpc) is 2.53. The summed E-state index contributed by atoms with van der Waals surface area (Å²) in [5.41, 5.74) is 5.25. The molecule has 0 aromatic heterocycles. The molecule has 0 radical (unpaired) electrons. The van der Waals surface area contributed by atoms with E-state index in [2.05, 4.69) is 90.9 Å². The van der Waals surface area contributed by atoms with E-state index in [0.717, 1.165) is 5.75 Å². The molecule has 0 saturated heterocycles. The van der Waals surface area contributed by atoms with Crippen molar-refractivity contribution in [2.24, 2.45) is 0 Å². The average molecular weight is 341 g/mol. The zero-order chi connectivity index (χ0) is 19.3. The standard InChI is InChI=1S/C22H30O.C2H6/c1-16-9-8-10-17(13-16)15-23-20-14-18(21(2,3)4)11-12-19(20)22(5,6)7;1-2/h8-14H,15H2,1-7H3;1-2H3. The van der Waals surface area contributed by atoms with Crippen molar-refractivity contribution in [3.8, 4) is 5.75 Å². The van der Waals surface area contributed by atoms with Crippen LogP contribution in [0.2, 0.25) is 0 Å². The maximum absolute atomic E-state index is 6.24. The van der Waals surface area contributed by atoms with Crippen LogP contribution in [0.4, 0.5) is 0 Å². The van der Waals surface area contributed by atoms with Crippen molar-refractivity contribution in [2.75, 3.05) is 0 Å². The lowest BCUT2D eigenvalue weighted by Gasteiger charge is -2.26. The minimum absolute atomic E-state index is 0.0678. The fourth-order valence-corrected chi connectivity index (χ4v) is 2.69. The molecule has 0 atom stereocenters. The molecule has 0 spiro atoms. The van der Waals surface area contributed by atoms with Gasteiger partial charge in [-0.2, -0.15) is 0 Å². The van der Waals surface area contributed by atoms with Crippen LogP contribution in [-0.2, 0) is 17.4 Å². The molecule has 0 bridgehead atoms. The highest BCUT2D eigenvalue weighted by molar-refractivity contribution is 5.43. The minimum Gasteiger partial charge on any atom is -0.489 e. The van der Waals surface area contributed by atoms with E-state index < -0.39 is 0 Å². The lowest BCUT2D eigenvalue weighted by molar-refractivity contribution is 0.296. The Morgan fingerprint density at radius 2 is 1.44 bits per heavy atom. The molecule has 0 unspecified atom stereocenters. The summed E-state index contributed by atoms with van der Waals surface area (Å²) in [6.07, 6.45) is 0. The number of aryl methyl sites for hydroxylation is 1. The third-order valence-corrected chi connectivity index (χ3v) is 4.13. The topological polar surface area (TPSA) is 9.23 Å². The third kappa shape index (κ3) is 6.23. The molecule has 0 N–H and O–H groups in total. The van der Waals surface area contributed by atoms with Crippen LogP contribution >= 0.6 is 0 Å². The summed E-state index contributed by atoms with van der Waals surface area (Å²) in [6.45, 7) is 20.1. The van der Waals surface area contributed by atoms with Gasteiger partial charge in [-0.3, -0.25) is 0 Å². The second kappa shape index (κ2) is 8.56. The Kier molecular flexibility index (Phi) is 7.29. The molecule has 0 aliphatic heterocycles. The lowest BCUT2D eigenvalue weighted by atomic mass is 9.81. The Balaban J connectivity index is 0.00000151. The molecule has 2 rings (SSSR count). The van der Waals surface area contributed by atoms with E-state index in [1.807, 2.05) is 13.8 Å². The summed E-state index contributed by atoms with van der Waals surface area (Å²) in [6, 6.07) is 15.2. The van der Waals surface area contributed by atoms with E-state index in [0.29, 0.717) is 6.61 Å². The van der Waals surface area contributed by atoms with Gasteiger partial charge < -0.3 is 4.74 Å². The molecule has 1 nitrogen and oxygen atoms in total. The Hall–Kier alpha value is -1.76. The Bertz CT molecular complexity index is 669. The van der Waals surface area contributed by atoms with Crippen LogP contribution in [0.25, 0.3) is 0 Å². The molecule has 0 amide bonds. The highest BCUT2D eigenvalue weighted by Gasteiger charge is 2.22. The van der Waals surface area contributed by atoms with Gasteiger partial charge in [-0.25, -0.2) is 0 Å². The highest BCUT2D eigenvalue weighted by atomic mass is 16.5. The summed E-state index contributed by atoms with van der Waals surface area (Å²) in [5, 5.41) is 0. The van der Waals surface area contributed by atoms with E-state index in [1.165, 1.54) is 22.3 Å². The van der Waals surface area contributed by atoms with Gasteiger partial charge in [0.1, 0.15) is 12.4 Å². The van der Waals surface area contributed by atoms with Crippen molar-refractivity contribution >= 4 is 0 Å². The van der Waals surface area contributed by atoms with Crippen molar-refractivity contribution in [1.82, 2.24) is 0 Å². The molecule has 138 valence electrons. The van der Waals surface area contributed by atoms with Crippen molar-refractivity contribution < 1.29 is 4.74 Å². The molecular formula is C24H36O. The van der Waals surface area contributed by atoms with Gasteiger partial charge >= 0.3 is 0 Å². The maximum Gasteiger partial charge on any atom is 0.123 e. The van der Waals surface area contributed by atoms with Crippen molar-refractivity contribution in [2.45, 2.75) is 79.8 Å². The molecule has 2 aromatic rings. The quantitative estimate of drug-likeness (QED) is 0.574. The number of hydrogen-bond donors (Lipinski definition) is 0. The second-order valence-electron chi connectivity index (χ2n) is 8.49. The van der Waals surface area contributed by atoms with Crippen LogP contribution in [-0.4, -0.2) is 0 Å². The van der Waals surface area contributed by atoms with Gasteiger partial charge in [-0.15, -0.1) is 0 Å². The van der Waals surface area contributed by atoms with Crippen molar-refractivity contribution in [3.05, 3.63) is 64.7 Å². The zero-order valence-corrected chi connectivity index (χ0v) is 17.7. The summed E-state index contributed by atoms with van der Waals surface area (Å²) >= 11 is 0. The summed E-state index contributed by atoms with van der Waals surface area (Å²) in [7, 11) is 0. The number of ether oxygens (including phenoxy) is 1. The number of hydrogen-bond acceptors (Lipinski definition) is 1. The maximum atomic E-state index is 6.24. The lowest BCUT2D eigenvalue weighted by Crippen LogP contribution is -2.16. The first kappa shape index (κ1) is 21.3. The van der Waals surface area contributed by atoms with Gasteiger partial charge in [0.2, 0.25) is 0 Å². The van der Waals surface area contributed by atoms with E-state index in [4.69, 9.17) is 4.74 Å². The first-order chi connectivity index (χ1) is 11.6. The molecule has 0 heterocycles. The van der Waals surface area contributed by atoms with E-state index in [9.17, 15) is 0 Å². The van der Waals surface area contributed by atoms with E-state index >= 15 is 0 Å². The Morgan fingerprint density at radius 1 is 0.800 bits per heavy atom. The number of benzene rings is 2. The molecular weight excluding hydrogens is 304 g/mol. The van der Waals surface area contributed by atoms with Crippen molar-refractivity contribution in [3.63, 3.8) is 0 Å². The molecule has 0 saturated carbocycles. The fraction of sp³-hybridized carbons (Fsp3) is 0.500. The summed E-state index contributed by atoms with van der Waals surface area (Å²) < 4.78 is 6.24. The highest BCUT2D eigenvalue weighted by Crippen LogP contribution is 2.35. The molecule has 25 heavy (non-hydrogen) atoms. The van der Waals surface area contributed by atoms with Crippen LogP contribution in [0, 0.1) is 6.92 Å². The van der Waals surface area contributed by atoms with Gasteiger partial charge in [-0.1, -0.05) is 97.4 Å². The normalized spacial score (nSPS) is 11.6. The monoisotopic (exact) mass is 340 g/mol. The summed E-state index contributed by atoms with van der Waals surface area (Å²) in [5.74, 6) is 1.01. The van der Waals surface area contributed by atoms with Crippen LogP contribution < -0.4 is 4.74 Å². The van der Waals surface area contributed by atoms with Gasteiger partial charge in [0.15, 0.2) is 0 Å². The van der Waals surface area contributed by atoms with E-state index in [-0.39, 0.29) is 10.8 Å². The Labute approximate surface area is 155 Å². The molecule has 0 aliphatic rings. The molecule has 0 aliphatic carbocycles. The van der Waals surface area contributed by atoms with Gasteiger partial charge in [-0.05, 0) is 40.5 Å². The van der Waals surface area contributed by atoms with Crippen molar-refractivity contribution in [1.29, 1.82) is 0 Å². The minimum atomic E-state index is 0.0678. The smallest absolute Gasteiger partial charge is 0.123 e. The van der Waals surface area contributed by atoms with Gasteiger partial charge in [0.25, 0.3) is 0 Å². The van der Waals surface area contributed by atoms with Gasteiger partial charge in [0.05, 0.1) is 0 Å². The van der Waals surface area contributed by atoms with Crippen LogP contribution in [0.15, 0.2) is 42.5 Å². The van der Waals surface area contributed by atoms with Gasteiger partial charge in [0, 0.05) is 0 Å². The largest absolute Gasteiger partial charge is 0.489 e. The third-order valence-electron chi connectivity index (χ3n) is 4.13. The van der Waals surface area contributed by atoms with E-state index in [1.54, 1.807) is 0 Å². The molecule has 0 fully saturated rings. The zero-order valence-electron chi connectivity index (χ0n) is 17.7. The second-order valence-corrected chi connectivity index (χ2v) is 8.49. The van der Waals surface area contributed by atoms with Crippen LogP contribution in [0.1, 0.15) is 77.6 Å². The molecule has 2 aromatic carbocycles. The fourth-order valence-electron chi connectivity index (χ4n) is 2.69. The predicted molar refractivity (Wildman–Crippen MR) is 111 cm³/mol.